The molecule has 0 saturated heterocycles. The number of aromatic nitrogens is 2. The zero-order valence-corrected chi connectivity index (χ0v) is 23.4. The fourth-order valence-electron chi connectivity index (χ4n) is 5.18. The van der Waals surface area contributed by atoms with Crippen molar-refractivity contribution in [3.63, 3.8) is 0 Å². The standard InChI is InChI=1S/C30H30N4O5S/c1-4-30(2,3)19-12-13-24-22(15-19)27(21-10-5-6-11-23(21)31-24)28(36)39-16-26(35)33-29-32-25(17-40-29)18-8-7-9-20(14-18)34(37)38/h5-11,14,17,19H,4,12-13,15-16H2,1-3H3,(H,32,33,35). The van der Waals surface area contributed by atoms with E-state index < -0.39 is 23.4 Å². The van der Waals surface area contributed by atoms with Crippen molar-refractivity contribution in [1.82, 2.24) is 9.97 Å². The highest BCUT2D eigenvalue weighted by atomic mass is 32.1. The molecule has 0 bridgehead atoms. The minimum absolute atomic E-state index is 0.0431. The molecule has 2 heterocycles. The van der Waals surface area contributed by atoms with Gasteiger partial charge in [-0.1, -0.05) is 57.5 Å². The number of amides is 1. The first-order valence-electron chi connectivity index (χ1n) is 13.2. The minimum Gasteiger partial charge on any atom is -0.452 e. The second-order valence-electron chi connectivity index (χ2n) is 10.7. The number of para-hydroxylation sites is 1. The number of hydrogen-bond acceptors (Lipinski definition) is 8. The van der Waals surface area contributed by atoms with Crippen LogP contribution in [0.2, 0.25) is 0 Å². The molecule has 1 unspecified atom stereocenters. The van der Waals surface area contributed by atoms with E-state index in [1.807, 2.05) is 24.3 Å². The second-order valence-corrected chi connectivity index (χ2v) is 11.5. The number of ether oxygens (including phenoxy) is 1. The Morgan fingerprint density at radius 2 is 1.98 bits per heavy atom. The molecule has 1 atom stereocenters. The van der Waals surface area contributed by atoms with Gasteiger partial charge < -0.3 is 4.74 Å². The van der Waals surface area contributed by atoms with Crippen molar-refractivity contribution < 1.29 is 19.2 Å². The number of hydrogen-bond donors (Lipinski definition) is 1. The van der Waals surface area contributed by atoms with Gasteiger partial charge in [0.2, 0.25) is 0 Å². The summed E-state index contributed by atoms with van der Waals surface area (Å²) in [6, 6.07) is 13.7. The van der Waals surface area contributed by atoms with Crippen LogP contribution < -0.4 is 5.32 Å². The number of aryl methyl sites for hydroxylation is 1. The number of esters is 1. The lowest BCUT2D eigenvalue weighted by molar-refractivity contribution is -0.384. The fourth-order valence-corrected chi connectivity index (χ4v) is 5.91. The zero-order chi connectivity index (χ0) is 28.4. The predicted octanol–water partition coefficient (Wildman–Crippen LogP) is 6.60. The molecule has 0 aliphatic heterocycles. The van der Waals surface area contributed by atoms with Crippen molar-refractivity contribution in [3.05, 3.63) is 80.8 Å². The Labute approximate surface area is 235 Å². The lowest BCUT2D eigenvalue weighted by atomic mass is 9.68. The van der Waals surface area contributed by atoms with Crippen LogP contribution in [-0.2, 0) is 22.4 Å². The Balaban J connectivity index is 1.32. The molecule has 2 aromatic heterocycles. The molecule has 1 N–H and O–H groups in total. The fraction of sp³-hybridized carbons (Fsp3) is 0.333. The number of nitrogens with one attached hydrogen (secondary N) is 1. The molecule has 4 aromatic rings. The van der Waals surface area contributed by atoms with E-state index in [1.54, 1.807) is 17.5 Å². The number of nitrogens with zero attached hydrogens (tertiary/aromatic N) is 3. The van der Waals surface area contributed by atoms with Crippen LogP contribution in [0.15, 0.2) is 53.9 Å². The summed E-state index contributed by atoms with van der Waals surface area (Å²) in [5.41, 5.74) is 4.23. The van der Waals surface area contributed by atoms with Gasteiger partial charge in [-0.25, -0.2) is 9.78 Å². The second kappa shape index (κ2) is 11.1. The third kappa shape index (κ3) is 5.58. The number of carbonyl (C=O) groups excluding carboxylic acids is 2. The highest BCUT2D eigenvalue weighted by Crippen LogP contribution is 2.41. The SMILES string of the molecule is CCC(C)(C)C1CCc2nc3ccccc3c(C(=O)OCC(=O)Nc3nc(-c4cccc([N+](=O)[O-])c4)cs3)c2C1. The Kier molecular flexibility index (Phi) is 7.62. The summed E-state index contributed by atoms with van der Waals surface area (Å²) in [4.78, 5) is 46.0. The average molecular weight is 559 g/mol. The van der Waals surface area contributed by atoms with E-state index in [2.05, 4.69) is 31.1 Å². The lowest BCUT2D eigenvalue weighted by Gasteiger charge is -2.37. The molecule has 1 aliphatic rings. The summed E-state index contributed by atoms with van der Waals surface area (Å²) in [5.74, 6) is -0.658. The van der Waals surface area contributed by atoms with Gasteiger partial charge in [0.25, 0.3) is 11.6 Å². The molecule has 5 rings (SSSR count). The summed E-state index contributed by atoms with van der Waals surface area (Å²) in [6.45, 7) is 6.25. The Hall–Kier alpha value is -4.18. The molecular formula is C30H30N4O5S. The molecule has 206 valence electrons. The molecule has 40 heavy (non-hydrogen) atoms. The third-order valence-corrected chi connectivity index (χ3v) is 8.67. The van der Waals surface area contributed by atoms with Crippen molar-refractivity contribution in [3.8, 4) is 11.3 Å². The Bertz CT molecular complexity index is 1610. The number of fused-ring (bicyclic) bond motifs is 2. The van der Waals surface area contributed by atoms with Gasteiger partial charge in [-0.3, -0.25) is 25.2 Å². The number of pyridine rings is 1. The first-order chi connectivity index (χ1) is 19.2. The van der Waals surface area contributed by atoms with Crippen molar-refractivity contribution in [1.29, 1.82) is 0 Å². The van der Waals surface area contributed by atoms with Crippen LogP contribution >= 0.6 is 11.3 Å². The van der Waals surface area contributed by atoms with Crippen molar-refractivity contribution in [2.24, 2.45) is 11.3 Å². The highest BCUT2D eigenvalue weighted by molar-refractivity contribution is 7.14. The maximum absolute atomic E-state index is 13.5. The van der Waals surface area contributed by atoms with E-state index in [4.69, 9.17) is 9.72 Å². The molecule has 1 aliphatic carbocycles. The molecule has 10 heteroatoms. The molecule has 0 saturated carbocycles. The predicted molar refractivity (Wildman–Crippen MR) is 154 cm³/mol. The van der Waals surface area contributed by atoms with Gasteiger partial charge >= 0.3 is 5.97 Å². The molecule has 0 spiro atoms. The summed E-state index contributed by atoms with van der Waals surface area (Å²) >= 11 is 1.18. The van der Waals surface area contributed by atoms with Gasteiger partial charge in [0.05, 0.1) is 21.7 Å². The zero-order valence-electron chi connectivity index (χ0n) is 22.6. The van der Waals surface area contributed by atoms with Gasteiger partial charge in [-0.15, -0.1) is 11.3 Å². The first-order valence-corrected chi connectivity index (χ1v) is 14.1. The van der Waals surface area contributed by atoms with Gasteiger partial charge in [0.15, 0.2) is 11.7 Å². The van der Waals surface area contributed by atoms with Gasteiger partial charge in [0.1, 0.15) is 0 Å². The molecule has 9 nitrogen and oxygen atoms in total. The minimum atomic E-state index is -0.545. The molecule has 2 aromatic carbocycles. The molecule has 1 amide bonds. The van der Waals surface area contributed by atoms with Crippen molar-refractivity contribution in [2.45, 2.75) is 46.5 Å². The molecule has 0 fully saturated rings. The maximum Gasteiger partial charge on any atom is 0.339 e. The monoisotopic (exact) mass is 558 g/mol. The number of carbonyl (C=O) groups is 2. The van der Waals surface area contributed by atoms with Crippen LogP contribution in [0.25, 0.3) is 22.2 Å². The van der Waals surface area contributed by atoms with Crippen LogP contribution in [0, 0.1) is 21.4 Å². The van der Waals surface area contributed by atoms with Crippen molar-refractivity contribution >= 4 is 44.9 Å². The third-order valence-electron chi connectivity index (χ3n) is 7.92. The van der Waals surface area contributed by atoms with Crippen LogP contribution in [0.1, 0.15) is 55.2 Å². The summed E-state index contributed by atoms with van der Waals surface area (Å²) in [7, 11) is 0. The summed E-state index contributed by atoms with van der Waals surface area (Å²) in [6.07, 6.45) is 3.59. The van der Waals surface area contributed by atoms with E-state index in [9.17, 15) is 19.7 Å². The van der Waals surface area contributed by atoms with E-state index in [0.717, 1.165) is 47.8 Å². The molecule has 0 radical (unpaired) electrons. The normalized spacial score (nSPS) is 14.9. The number of anilines is 1. The van der Waals surface area contributed by atoms with E-state index in [0.29, 0.717) is 27.9 Å². The number of rotatable bonds is 8. The van der Waals surface area contributed by atoms with Crippen LogP contribution in [0.5, 0.6) is 0 Å². The summed E-state index contributed by atoms with van der Waals surface area (Å²) < 4.78 is 5.54. The first kappa shape index (κ1) is 27.4. The number of non-ortho nitro benzene ring substituents is 1. The van der Waals surface area contributed by atoms with E-state index in [1.165, 1.54) is 23.5 Å². The number of nitro benzene ring substituents is 1. The number of nitro groups is 1. The van der Waals surface area contributed by atoms with Crippen LogP contribution in [0.4, 0.5) is 10.8 Å². The van der Waals surface area contributed by atoms with Gasteiger partial charge in [0, 0.05) is 34.2 Å². The van der Waals surface area contributed by atoms with Crippen molar-refractivity contribution in [2.75, 3.05) is 11.9 Å². The highest BCUT2D eigenvalue weighted by Gasteiger charge is 2.34. The smallest absolute Gasteiger partial charge is 0.339 e. The van der Waals surface area contributed by atoms with Gasteiger partial charge in [-0.2, -0.15) is 0 Å². The molecular weight excluding hydrogens is 528 g/mol. The lowest BCUT2D eigenvalue weighted by Crippen LogP contribution is -2.31. The summed E-state index contributed by atoms with van der Waals surface area (Å²) in [5, 5.41) is 16.5. The Morgan fingerprint density at radius 3 is 2.75 bits per heavy atom. The largest absolute Gasteiger partial charge is 0.452 e. The quantitative estimate of drug-likeness (QED) is 0.147. The van der Waals surface area contributed by atoms with Gasteiger partial charge in [-0.05, 0) is 42.2 Å². The number of thiazole rings is 1. The van der Waals surface area contributed by atoms with Crippen LogP contribution in [0.3, 0.4) is 0 Å². The Morgan fingerprint density at radius 1 is 1.18 bits per heavy atom. The topological polar surface area (TPSA) is 124 Å². The number of benzene rings is 2. The van der Waals surface area contributed by atoms with E-state index in [-0.39, 0.29) is 11.1 Å². The van der Waals surface area contributed by atoms with E-state index >= 15 is 0 Å². The average Bonchev–Trinajstić information content (AvgIpc) is 3.42. The van der Waals surface area contributed by atoms with Crippen LogP contribution in [-0.4, -0.2) is 33.4 Å². The maximum atomic E-state index is 13.5.